The standard InChI is InChI=1S/C6Cl10/c7-1(3(9)10)5(13,14)6(15,16)2(8)4(11)12. The Bertz CT molecular complexity index is 295. The number of hydrogen-bond donors (Lipinski definition) is 0. The molecule has 0 aliphatic carbocycles. The fourth-order valence-corrected chi connectivity index (χ4v) is 2.70. The summed E-state index contributed by atoms with van der Waals surface area (Å²) in [6.45, 7) is 0. The molecule has 0 rings (SSSR count). The Morgan fingerprint density at radius 3 is 0.812 bits per heavy atom. The van der Waals surface area contributed by atoms with Crippen molar-refractivity contribution < 1.29 is 0 Å². The molecule has 0 N–H and O–H groups in total. The molecular weight excluding hydrogens is 427 g/mol. The molecule has 0 unspecified atom stereocenters. The van der Waals surface area contributed by atoms with Crippen LogP contribution in [0.25, 0.3) is 0 Å². The molecule has 0 heterocycles. The smallest absolute Gasteiger partial charge is 0.0914 e. The van der Waals surface area contributed by atoms with Gasteiger partial charge in [0.1, 0.15) is 8.98 Å². The van der Waals surface area contributed by atoms with Gasteiger partial charge in [0.2, 0.25) is 0 Å². The minimum absolute atomic E-state index is 0.420. The quantitative estimate of drug-likeness (QED) is 0.422. The minimum atomic E-state index is -2.12. The van der Waals surface area contributed by atoms with Crippen LogP contribution in [0.3, 0.4) is 0 Å². The van der Waals surface area contributed by atoms with Crippen LogP contribution >= 0.6 is 116 Å². The highest BCUT2D eigenvalue weighted by Gasteiger charge is 2.53. The fourth-order valence-electron chi connectivity index (χ4n) is 0.513. The van der Waals surface area contributed by atoms with E-state index in [9.17, 15) is 0 Å². The van der Waals surface area contributed by atoms with Crippen LogP contribution in [0.5, 0.6) is 0 Å². The van der Waals surface area contributed by atoms with Gasteiger partial charge in [-0.3, -0.25) is 0 Å². The average molecular weight is 427 g/mol. The Morgan fingerprint density at radius 2 is 0.688 bits per heavy atom. The first-order valence-corrected chi connectivity index (χ1v) is 6.92. The van der Waals surface area contributed by atoms with Crippen molar-refractivity contribution in [3.63, 3.8) is 0 Å². The third-order valence-electron chi connectivity index (χ3n) is 1.28. The van der Waals surface area contributed by atoms with E-state index in [-0.39, 0.29) is 0 Å². The first kappa shape index (κ1) is 18.4. The first-order valence-electron chi connectivity index (χ1n) is 3.14. The van der Waals surface area contributed by atoms with Crippen molar-refractivity contribution in [1.82, 2.24) is 0 Å². The van der Waals surface area contributed by atoms with E-state index in [4.69, 9.17) is 116 Å². The van der Waals surface area contributed by atoms with Crippen LogP contribution in [0.15, 0.2) is 19.0 Å². The Kier molecular flexibility index (Phi) is 7.70. The molecule has 16 heavy (non-hydrogen) atoms. The SMILES string of the molecule is ClC(Cl)=C(Cl)C(Cl)(Cl)C(Cl)(Cl)C(Cl)=C(Cl)Cl. The summed E-state index contributed by atoms with van der Waals surface area (Å²) in [7, 11) is 0. The zero-order valence-electron chi connectivity index (χ0n) is 6.78. The predicted octanol–water partition coefficient (Wildman–Crippen LogP) is 7.11. The van der Waals surface area contributed by atoms with Gasteiger partial charge in [-0.1, -0.05) is 116 Å². The molecule has 0 amide bonds. The number of halogens is 10. The summed E-state index contributed by atoms with van der Waals surface area (Å²) in [5.74, 6) is 0. The van der Waals surface area contributed by atoms with Crippen molar-refractivity contribution in [2.45, 2.75) is 8.67 Å². The lowest BCUT2D eigenvalue weighted by atomic mass is 10.2. The van der Waals surface area contributed by atoms with Gasteiger partial charge < -0.3 is 0 Å². The maximum absolute atomic E-state index is 5.82. The second-order valence-corrected chi connectivity index (χ2v) is 7.61. The molecule has 0 aliphatic heterocycles. The zero-order chi connectivity index (χ0) is 13.3. The summed E-state index contributed by atoms with van der Waals surface area (Å²) in [6, 6.07) is 0. The molecule has 0 aromatic heterocycles. The van der Waals surface area contributed by atoms with Gasteiger partial charge >= 0.3 is 0 Å². The Hall–Kier alpha value is 2.38. The monoisotopic (exact) mass is 422 g/mol. The van der Waals surface area contributed by atoms with Crippen LogP contribution in [0, 0.1) is 0 Å². The van der Waals surface area contributed by atoms with Crippen molar-refractivity contribution in [2.24, 2.45) is 0 Å². The van der Waals surface area contributed by atoms with Crippen molar-refractivity contribution in [3.05, 3.63) is 19.0 Å². The molecule has 0 fully saturated rings. The number of allylic oxidation sites excluding steroid dienone is 2. The molecule has 0 saturated heterocycles. The van der Waals surface area contributed by atoms with Gasteiger partial charge in [-0.2, -0.15) is 0 Å². The van der Waals surface area contributed by atoms with E-state index in [0.717, 1.165) is 0 Å². The van der Waals surface area contributed by atoms with Crippen molar-refractivity contribution in [3.8, 4) is 0 Å². The molecule has 0 saturated carbocycles. The number of rotatable bonds is 3. The molecule has 0 atom stereocenters. The Labute approximate surface area is 142 Å². The molecule has 0 aliphatic rings. The van der Waals surface area contributed by atoms with Gasteiger partial charge in [0.25, 0.3) is 0 Å². The summed E-state index contributed by atoms with van der Waals surface area (Å²) < 4.78 is -5.09. The highest BCUT2D eigenvalue weighted by molar-refractivity contribution is 6.73. The summed E-state index contributed by atoms with van der Waals surface area (Å²) in [5.41, 5.74) is 0. The molecular formula is C6Cl10. The summed E-state index contributed by atoms with van der Waals surface area (Å²) >= 11 is 56.2. The zero-order valence-corrected chi connectivity index (χ0v) is 14.3. The number of alkyl halides is 4. The van der Waals surface area contributed by atoms with Crippen molar-refractivity contribution >= 4 is 116 Å². The summed E-state index contributed by atoms with van der Waals surface area (Å²) in [5, 5.41) is -0.839. The lowest BCUT2D eigenvalue weighted by molar-refractivity contribution is 0.878. The van der Waals surface area contributed by atoms with Crippen molar-refractivity contribution in [2.75, 3.05) is 0 Å². The van der Waals surface area contributed by atoms with Gasteiger partial charge in [-0.05, 0) is 0 Å². The van der Waals surface area contributed by atoms with Crippen LogP contribution in [0.2, 0.25) is 0 Å². The van der Waals surface area contributed by atoms with E-state index in [0.29, 0.717) is 0 Å². The average Bonchev–Trinajstić information content (AvgIpc) is 2.14. The van der Waals surface area contributed by atoms with Crippen LogP contribution in [0.1, 0.15) is 0 Å². The third-order valence-corrected chi connectivity index (χ3v) is 6.03. The third kappa shape index (κ3) is 3.93. The van der Waals surface area contributed by atoms with Gasteiger partial charge in [-0.15, -0.1) is 0 Å². The molecule has 94 valence electrons. The Morgan fingerprint density at radius 1 is 0.500 bits per heavy atom. The minimum Gasteiger partial charge on any atom is -0.0914 e. The Balaban J connectivity index is 5.66. The van der Waals surface area contributed by atoms with Crippen LogP contribution in [0.4, 0.5) is 0 Å². The molecule has 0 aromatic carbocycles. The van der Waals surface area contributed by atoms with E-state index >= 15 is 0 Å². The topological polar surface area (TPSA) is 0 Å². The van der Waals surface area contributed by atoms with E-state index < -0.39 is 27.7 Å². The van der Waals surface area contributed by atoms with Gasteiger partial charge in [0.15, 0.2) is 8.67 Å². The molecule has 0 spiro atoms. The normalized spacial score (nSPS) is 12.4. The molecule has 0 nitrogen and oxygen atoms in total. The first-order chi connectivity index (χ1) is 6.96. The van der Waals surface area contributed by atoms with Crippen LogP contribution in [-0.4, -0.2) is 8.67 Å². The number of hydrogen-bond acceptors (Lipinski definition) is 0. The maximum Gasteiger partial charge on any atom is 0.193 e. The van der Waals surface area contributed by atoms with E-state index in [1.54, 1.807) is 0 Å². The summed E-state index contributed by atoms with van der Waals surface area (Å²) in [6.07, 6.45) is 0. The predicted molar refractivity (Wildman–Crippen MR) is 78.0 cm³/mol. The highest BCUT2D eigenvalue weighted by Crippen LogP contribution is 2.56. The van der Waals surface area contributed by atoms with Crippen LogP contribution in [-0.2, 0) is 0 Å². The van der Waals surface area contributed by atoms with E-state index in [1.165, 1.54) is 0 Å². The molecule has 0 radical (unpaired) electrons. The lowest BCUT2D eigenvalue weighted by Crippen LogP contribution is -2.37. The lowest BCUT2D eigenvalue weighted by Gasteiger charge is -2.32. The van der Waals surface area contributed by atoms with Gasteiger partial charge in [0, 0.05) is 0 Å². The van der Waals surface area contributed by atoms with Crippen molar-refractivity contribution in [1.29, 1.82) is 0 Å². The summed E-state index contributed by atoms with van der Waals surface area (Å²) in [4.78, 5) is 0. The van der Waals surface area contributed by atoms with Gasteiger partial charge in [-0.25, -0.2) is 0 Å². The van der Waals surface area contributed by atoms with E-state index in [2.05, 4.69) is 0 Å². The maximum atomic E-state index is 5.82. The van der Waals surface area contributed by atoms with Gasteiger partial charge in [0.05, 0.1) is 10.1 Å². The largest absolute Gasteiger partial charge is 0.193 e. The van der Waals surface area contributed by atoms with Crippen LogP contribution < -0.4 is 0 Å². The van der Waals surface area contributed by atoms with E-state index in [1.807, 2.05) is 0 Å². The second kappa shape index (κ2) is 6.70. The second-order valence-electron chi connectivity index (χ2n) is 2.30. The molecule has 0 aromatic rings. The fraction of sp³-hybridized carbons (Fsp3) is 0.333. The molecule has 10 heteroatoms. The molecule has 0 bridgehead atoms. The highest BCUT2D eigenvalue weighted by atomic mass is 35.5.